The van der Waals surface area contributed by atoms with Crippen LogP contribution in [0.15, 0.2) is 0 Å². The molecule has 0 saturated carbocycles. The number of hydrogen-bond acceptors (Lipinski definition) is 40. The summed E-state index contributed by atoms with van der Waals surface area (Å²) in [5.74, 6) is -13.9. The number of aliphatic carboxylic acids is 2. The Morgan fingerprint density at radius 2 is 0.778 bits per heavy atom. The molecule has 0 radical (unpaired) electrons. The van der Waals surface area contributed by atoms with Crippen LogP contribution in [0.1, 0.15) is 33.6 Å². The Morgan fingerprint density at radius 1 is 0.414 bits per heavy atom. The number of hydrogen-bond donors (Lipinski definition) is 27. The van der Waals surface area contributed by atoms with Crippen molar-refractivity contribution in [1.82, 2.24) is 16.0 Å². The Balaban J connectivity index is 1.26. The van der Waals surface area contributed by atoms with Crippen molar-refractivity contribution in [3.8, 4) is 0 Å². The molecule has 37 atom stereocenters. The summed E-state index contributed by atoms with van der Waals surface area (Å²) in [7, 11) is 0. The van der Waals surface area contributed by atoms with Gasteiger partial charge in [-0.3, -0.25) is 14.4 Å². The van der Waals surface area contributed by atoms with E-state index in [4.69, 9.17) is 61.6 Å². The first-order valence-corrected chi connectivity index (χ1v) is 30.9. The average molecular weight is 1450 g/mol. The van der Waals surface area contributed by atoms with Gasteiger partial charge in [0.2, 0.25) is 17.7 Å². The maximum absolute atomic E-state index is 13.4. The second-order valence-electron chi connectivity index (χ2n) is 24.7. The van der Waals surface area contributed by atoms with Crippen LogP contribution in [0.2, 0.25) is 0 Å². The lowest BCUT2D eigenvalue weighted by Gasteiger charge is -2.52. The zero-order valence-corrected chi connectivity index (χ0v) is 52.7. The standard InChI is InChI=1S/C54H89N3O42/c1-13(64)55-25-16(67)4-53(51(83)84,97-42(25)28(71)18(69)6-58)87-12-24-32(75)41(95-50-38(81)45(31(74)21(9-61)90-50)99-54(52(85)86)5-17(68)26(56-14(2)65)43(98-54)29(72)19(70)7-59)27(57-15(3)66)47(92-24)96-44-30(73)20(8-60)89-49(37(44)80)94-40-23(11-63)91-48(36(79)34(40)77)93-39-22(10-62)88-46(82)35(78)33(39)76/h16-50,58-63,67-82H,4-12H2,1-3H3,(H,55,64)(H,56,65)(H,57,66)(H,83,84)(H,85,86)/t16-,17-,18+,19+,20+,21+,22+,23+,24+,25+,26+,27+,28+,29+,30-,31-,32-,33+,34+,35+,36+,37+,38+,39+,40-,41+,42+,43+,44-,45-,46+,47-,48-,49+,50-,53+,54-/m0/s1. The predicted octanol–water partition coefficient (Wildman–Crippen LogP) is -17.4. The Kier molecular flexibility index (Phi) is 28.8. The normalized spacial score (nSPS) is 45.7. The Hall–Kier alpha value is -4.05. The second kappa shape index (κ2) is 34.7. The van der Waals surface area contributed by atoms with Crippen LogP contribution in [0.5, 0.6) is 0 Å². The van der Waals surface area contributed by atoms with Crippen molar-refractivity contribution in [2.75, 3.05) is 46.2 Å². The lowest BCUT2D eigenvalue weighted by atomic mass is 9.88. The number of ether oxygens (including phenoxy) is 13. The molecule has 0 aliphatic carbocycles. The summed E-state index contributed by atoms with van der Waals surface area (Å²) in [6.45, 7) is -5.78. The van der Waals surface area contributed by atoms with Crippen molar-refractivity contribution < 1.29 is 208 Å². The van der Waals surface area contributed by atoms with Crippen LogP contribution < -0.4 is 16.0 Å². The highest BCUT2D eigenvalue weighted by molar-refractivity contribution is 5.77. The summed E-state index contributed by atoms with van der Waals surface area (Å²) in [5, 5.41) is 269. The fourth-order valence-corrected chi connectivity index (χ4v) is 12.5. The molecule has 0 aromatic rings. The molecule has 572 valence electrons. The highest BCUT2D eigenvalue weighted by atomic mass is 16.8. The molecular weight excluding hydrogens is 1360 g/mol. The molecule has 3 amide bonds. The summed E-state index contributed by atoms with van der Waals surface area (Å²) in [6, 6.07) is -5.76. The van der Waals surface area contributed by atoms with Crippen LogP contribution in [-0.2, 0) is 85.6 Å². The third kappa shape index (κ3) is 17.9. The molecule has 7 rings (SSSR count). The number of carboxylic acid groups (broad SMARTS) is 2. The van der Waals surface area contributed by atoms with Crippen molar-refractivity contribution in [3.05, 3.63) is 0 Å². The molecule has 27 N–H and O–H groups in total. The van der Waals surface area contributed by atoms with Gasteiger partial charge in [0.05, 0.1) is 70.5 Å². The van der Waals surface area contributed by atoms with Crippen molar-refractivity contribution >= 4 is 29.7 Å². The SMILES string of the molecule is CC(=O)N[C@H]1[C@H](O[C@H]2[C@@H](O)[C@@H](CO)O[C@H](O[C@@H]3[C@H](O)[C@@H](O)[C@H](O[C@H]4[C@H](O)[C@@H](O)[C@H](O)O[C@@H]4CO)O[C@@H]3CO)[C@@H]2O)O[C@H](CO[C@]2(C(=O)O)C[C@H](O)[C@@H](NC(C)=O)[C@H]([C@H](O)[C@H](O)CO)O2)[C@H](O)[C@@H]1O[C@@H]1O[C@H](CO)[C@H](O)[C@H](O[C@]2(C(=O)O)C[C@H](O)[C@@H](NC(C)=O)[C@H]([C@H](O)[C@H](O)CO)O2)[C@H]1O. The first kappa shape index (κ1) is 82.2. The molecule has 0 spiro atoms. The maximum Gasteiger partial charge on any atom is 0.364 e. The number of nitrogens with one attached hydrogen (secondary N) is 3. The minimum atomic E-state index is -3.38. The van der Waals surface area contributed by atoms with Gasteiger partial charge >= 0.3 is 11.9 Å². The lowest BCUT2D eigenvalue weighted by molar-refractivity contribution is -0.394. The molecular formula is C54H89N3O42. The first-order valence-electron chi connectivity index (χ1n) is 30.9. The summed E-state index contributed by atoms with van der Waals surface area (Å²) >= 11 is 0. The zero-order chi connectivity index (χ0) is 73.8. The van der Waals surface area contributed by atoms with E-state index in [0.29, 0.717) is 0 Å². The van der Waals surface area contributed by atoms with E-state index >= 15 is 0 Å². The van der Waals surface area contributed by atoms with Gasteiger partial charge in [0.1, 0.15) is 159 Å². The fourth-order valence-electron chi connectivity index (χ4n) is 12.5. The Morgan fingerprint density at radius 3 is 1.23 bits per heavy atom. The van der Waals surface area contributed by atoms with Crippen LogP contribution >= 0.6 is 0 Å². The molecule has 0 bridgehead atoms. The van der Waals surface area contributed by atoms with Gasteiger partial charge < -0.3 is 200 Å². The topological polar surface area (TPSA) is 727 Å². The smallest absolute Gasteiger partial charge is 0.364 e. The highest BCUT2D eigenvalue weighted by Gasteiger charge is 2.63. The monoisotopic (exact) mass is 1450 g/mol. The number of aliphatic hydroxyl groups excluding tert-OH is 22. The van der Waals surface area contributed by atoms with Gasteiger partial charge in [-0.1, -0.05) is 0 Å². The van der Waals surface area contributed by atoms with Gasteiger partial charge in [-0.15, -0.1) is 0 Å². The quantitative estimate of drug-likeness (QED) is 0.0346. The zero-order valence-electron chi connectivity index (χ0n) is 52.7. The number of carboxylic acids is 2. The summed E-state index contributed by atoms with van der Waals surface area (Å²) in [4.78, 5) is 64.6. The van der Waals surface area contributed by atoms with E-state index in [-0.39, 0.29) is 0 Å². The number of carbonyl (C=O) groups is 5. The molecule has 0 aromatic heterocycles. The number of amides is 3. The highest BCUT2D eigenvalue weighted by Crippen LogP contribution is 2.42. The van der Waals surface area contributed by atoms with Gasteiger partial charge in [-0.2, -0.15) is 0 Å². The summed E-state index contributed by atoms with van der Waals surface area (Å²) in [6.07, 6.45) is -73.7. The third-order valence-electron chi connectivity index (χ3n) is 17.7. The second-order valence-corrected chi connectivity index (χ2v) is 24.7. The first-order chi connectivity index (χ1) is 46.5. The van der Waals surface area contributed by atoms with Crippen LogP contribution in [0.4, 0.5) is 0 Å². The van der Waals surface area contributed by atoms with Crippen LogP contribution in [-0.4, -0.2) is 424 Å². The molecule has 0 unspecified atom stereocenters. The van der Waals surface area contributed by atoms with Crippen molar-refractivity contribution in [3.63, 3.8) is 0 Å². The van der Waals surface area contributed by atoms with E-state index in [9.17, 15) is 147 Å². The van der Waals surface area contributed by atoms with Crippen molar-refractivity contribution in [1.29, 1.82) is 0 Å². The number of aliphatic hydroxyl groups is 22. The van der Waals surface area contributed by atoms with E-state index in [2.05, 4.69) is 16.0 Å². The molecule has 45 heteroatoms. The number of carbonyl (C=O) groups excluding carboxylic acids is 3. The predicted molar refractivity (Wildman–Crippen MR) is 301 cm³/mol. The average Bonchev–Trinajstić information content (AvgIpc) is 0.773. The van der Waals surface area contributed by atoms with Crippen molar-refractivity contribution in [2.45, 2.75) is 260 Å². The molecule has 45 nitrogen and oxygen atoms in total. The molecule has 0 aromatic carbocycles. The van der Waals surface area contributed by atoms with E-state index in [1.807, 2.05) is 0 Å². The van der Waals surface area contributed by atoms with Gasteiger partial charge in [0, 0.05) is 33.6 Å². The van der Waals surface area contributed by atoms with E-state index in [1.54, 1.807) is 0 Å². The van der Waals surface area contributed by atoms with Gasteiger partial charge in [0.25, 0.3) is 11.6 Å². The van der Waals surface area contributed by atoms with Crippen molar-refractivity contribution in [2.24, 2.45) is 0 Å². The van der Waals surface area contributed by atoms with Crippen LogP contribution in [0, 0.1) is 0 Å². The molecule has 7 aliphatic heterocycles. The minimum Gasteiger partial charge on any atom is -0.477 e. The summed E-state index contributed by atoms with van der Waals surface area (Å²) < 4.78 is 74.7. The Labute approximate surface area is 558 Å². The van der Waals surface area contributed by atoms with E-state index < -0.39 is 315 Å². The molecule has 99 heavy (non-hydrogen) atoms. The lowest BCUT2D eigenvalue weighted by Crippen LogP contribution is -2.72. The van der Waals surface area contributed by atoms with E-state index in [0.717, 1.165) is 20.8 Å². The van der Waals surface area contributed by atoms with Gasteiger partial charge in [-0.05, 0) is 0 Å². The van der Waals surface area contributed by atoms with Crippen LogP contribution in [0.3, 0.4) is 0 Å². The van der Waals surface area contributed by atoms with Gasteiger partial charge in [0.15, 0.2) is 31.5 Å². The number of rotatable bonds is 28. The maximum atomic E-state index is 13.4. The van der Waals surface area contributed by atoms with Gasteiger partial charge in [-0.25, -0.2) is 9.59 Å². The van der Waals surface area contributed by atoms with E-state index in [1.165, 1.54) is 0 Å². The van der Waals surface area contributed by atoms with Crippen LogP contribution in [0.25, 0.3) is 0 Å². The largest absolute Gasteiger partial charge is 0.477 e. The molecule has 7 aliphatic rings. The molecule has 7 saturated heterocycles. The molecule has 7 heterocycles. The third-order valence-corrected chi connectivity index (χ3v) is 17.7. The fraction of sp³-hybridized carbons (Fsp3) is 0.907. The molecule has 7 fully saturated rings. The Bertz CT molecular complexity index is 2640. The minimum absolute atomic E-state index is 0.829. The summed E-state index contributed by atoms with van der Waals surface area (Å²) in [5.41, 5.74) is 0.